The predicted octanol–water partition coefficient (Wildman–Crippen LogP) is 1.31. The fraction of sp³-hybridized carbons (Fsp3) is 0.407. The fourth-order valence-electron chi connectivity index (χ4n) is 3.63. The first-order valence-corrected chi connectivity index (χ1v) is 12.9. The van der Waals surface area contributed by atoms with Gasteiger partial charge in [-0.05, 0) is 17.0 Å². The number of hydrogen-bond donors (Lipinski definition) is 6. The Morgan fingerprint density at radius 1 is 0.784 bits per heavy atom. The van der Waals surface area contributed by atoms with Crippen LogP contribution in [0.2, 0.25) is 0 Å². The van der Waals surface area contributed by atoms with Crippen molar-refractivity contribution in [1.29, 1.82) is 0 Å². The molecule has 2 aromatic carbocycles. The molecule has 0 saturated heterocycles. The van der Waals surface area contributed by atoms with Gasteiger partial charge in [-0.3, -0.25) is 14.4 Å². The molecule has 0 bridgehead atoms. The Labute approximate surface area is 223 Å². The first-order valence-electron chi connectivity index (χ1n) is 12.2. The van der Waals surface area contributed by atoms with Crippen LogP contribution in [0.25, 0.3) is 0 Å². The monoisotopic (exact) mass is 528 g/mol. The summed E-state index contributed by atoms with van der Waals surface area (Å²) in [6.07, 6.45) is 0.952. The van der Waals surface area contributed by atoms with Gasteiger partial charge in [0.05, 0.1) is 6.04 Å². The van der Waals surface area contributed by atoms with Gasteiger partial charge < -0.3 is 26.8 Å². The number of nitrogens with two attached hydrogens (primary N) is 1. The normalized spacial score (nSPS) is 14.9. The quantitative estimate of drug-likeness (QED) is 0.204. The van der Waals surface area contributed by atoms with Crippen molar-refractivity contribution in [2.75, 3.05) is 5.75 Å². The van der Waals surface area contributed by atoms with E-state index < -0.39 is 47.9 Å². The van der Waals surface area contributed by atoms with E-state index >= 15 is 0 Å². The summed E-state index contributed by atoms with van der Waals surface area (Å²) in [5.74, 6) is -3.12. The van der Waals surface area contributed by atoms with Crippen molar-refractivity contribution >= 4 is 36.3 Å². The van der Waals surface area contributed by atoms with Gasteiger partial charge in [-0.25, -0.2) is 4.79 Å². The first kappa shape index (κ1) is 29.9. The molecule has 5 atom stereocenters. The number of amides is 3. The molecule has 0 aliphatic carbocycles. The number of carboxylic acids is 1. The summed E-state index contributed by atoms with van der Waals surface area (Å²) in [5, 5.41) is 17.4. The molecule has 0 fully saturated rings. The molecule has 2 aromatic rings. The number of carbonyl (C=O) groups excluding carboxylic acids is 3. The summed E-state index contributed by atoms with van der Waals surface area (Å²) in [6.45, 7) is 3.77. The van der Waals surface area contributed by atoms with Crippen LogP contribution in [0.5, 0.6) is 0 Å². The first-order chi connectivity index (χ1) is 17.7. The Morgan fingerprint density at radius 2 is 1.22 bits per heavy atom. The van der Waals surface area contributed by atoms with Crippen molar-refractivity contribution in [3.05, 3.63) is 71.8 Å². The summed E-state index contributed by atoms with van der Waals surface area (Å²) >= 11 is 4.18. The number of nitrogens with one attached hydrogen (secondary N) is 3. The van der Waals surface area contributed by atoms with E-state index in [-0.39, 0.29) is 24.5 Å². The smallest absolute Gasteiger partial charge is 0.326 e. The molecular weight excluding hydrogens is 492 g/mol. The molecule has 0 spiro atoms. The fourth-order valence-corrected chi connectivity index (χ4v) is 3.89. The maximum absolute atomic E-state index is 13.2. The van der Waals surface area contributed by atoms with Crippen LogP contribution >= 0.6 is 12.6 Å². The molecule has 9 nitrogen and oxygen atoms in total. The van der Waals surface area contributed by atoms with Crippen molar-refractivity contribution in [1.82, 2.24) is 16.0 Å². The Kier molecular flexibility index (Phi) is 12.1. The minimum atomic E-state index is -1.20. The lowest BCUT2D eigenvalue weighted by atomic mass is 9.98. The second-order valence-electron chi connectivity index (χ2n) is 9.00. The minimum Gasteiger partial charge on any atom is -0.480 e. The molecule has 0 aromatic heterocycles. The van der Waals surface area contributed by atoms with Gasteiger partial charge in [-0.2, -0.15) is 12.6 Å². The van der Waals surface area contributed by atoms with Gasteiger partial charge >= 0.3 is 5.97 Å². The summed E-state index contributed by atoms with van der Waals surface area (Å²) in [4.78, 5) is 50.7. The molecule has 0 saturated carbocycles. The SMILES string of the molecule is CCC(C)C(N)C(=O)NC(Cc1ccccc1)C(=O)NC(CS)C(=O)NC(Cc1ccccc1)C(=O)O. The van der Waals surface area contributed by atoms with Crippen LogP contribution in [0.1, 0.15) is 31.4 Å². The lowest BCUT2D eigenvalue weighted by molar-refractivity contribution is -0.142. The molecule has 0 heterocycles. The number of aliphatic carboxylic acids is 1. The average Bonchev–Trinajstić information content (AvgIpc) is 2.90. The highest BCUT2D eigenvalue weighted by molar-refractivity contribution is 7.80. The third-order valence-electron chi connectivity index (χ3n) is 6.19. The summed E-state index contributed by atoms with van der Waals surface area (Å²) in [6, 6.07) is 13.9. The van der Waals surface area contributed by atoms with E-state index in [4.69, 9.17) is 5.73 Å². The zero-order valence-corrected chi connectivity index (χ0v) is 22.0. The van der Waals surface area contributed by atoms with Crippen LogP contribution in [0.3, 0.4) is 0 Å². The van der Waals surface area contributed by atoms with Crippen molar-refractivity contribution in [3.8, 4) is 0 Å². The second kappa shape index (κ2) is 15.0. The number of benzene rings is 2. The summed E-state index contributed by atoms with van der Waals surface area (Å²) < 4.78 is 0. The predicted molar refractivity (Wildman–Crippen MR) is 145 cm³/mol. The number of hydrogen-bond acceptors (Lipinski definition) is 6. The third kappa shape index (κ3) is 9.55. The molecule has 3 amide bonds. The lowest BCUT2D eigenvalue weighted by Crippen LogP contribution is -2.58. The third-order valence-corrected chi connectivity index (χ3v) is 6.55. The van der Waals surface area contributed by atoms with E-state index in [0.717, 1.165) is 11.1 Å². The highest BCUT2D eigenvalue weighted by atomic mass is 32.1. The Hall–Kier alpha value is -3.37. The standard InChI is InChI=1S/C27H36N4O5S/c1-3-17(2)23(28)26(34)29-20(14-18-10-6-4-7-11-18)24(32)31-22(16-37)25(33)30-21(27(35)36)15-19-12-8-5-9-13-19/h4-13,17,20-23,37H,3,14-16,28H2,1-2H3,(H,29,34)(H,30,33)(H,31,32)(H,35,36). The van der Waals surface area contributed by atoms with Gasteiger partial charge in [-0.15, -0.1) is 0 Å². The Morgan fingerprint density at radius 3 is 1.68 bits per heavy atom. The van der Waals surface area contributed by atoms with Gasteiger partial charge in [-0.1, -0.05) is 80.9 Å². The molecule has 0 aliphatic heterocycles. The van der Waals surface area contributed by atoms with E-state index in [0.29, 0.717) is 6.42 Å². The van der Waals surface area contributed by atoms with Gasteiger partial charge in [0.15, 0.2) is 0 Å². The number of rotatable bonds is 14. The zero-order valence-electron chi connectivity index (χ0n) is 21.1. The maximum Gasteiger partial charge on any atom is 0.326 e. The van der Waals surface area contributed by atoms with Gasteiger partial charge in [0, 0.05) is 18.6 Å². The van der Waals surface area contributed by atoms with Crippen molar-refractivity contribution in [2.24, 2.45) is 11.7 Å². The van der Waals surface area contributed by atoms with E-state index in [1.54, 1.807) is 24.3 Å². The van der Waals surface area contributed by atoms with E-state index in [1.165, 1.54) is 0 Å². The van der Waals surface area contributed by atoms with Gasteiger partial charge in [0.1, 0.15) is 18.1 Å². The Balaban J connectivity index is 2.14. The van der Waals surface area contributed by atoms with E-state index in [2.05, 4.69) is 28.6 Å². The average molecular weight is 529 g/mol. The largest absolute Gasteiger partial charge is 0.480 e. The lowest BCUT2D eigenvalue weighted by Gasteiger charge is -2.25. The minimum absolute atomic E-state index is 0.0758. The van der Waals surface area contributed by atoms with Crippen LogP contribution < -0.4 is 21.7 Å². The molecular formula is C27H36N4O5S. The Bertz CT molecular complexity index is 1040. The van der Waals surface area contributed by atoms with E-state index in [1.807, 2.05) is 50.2 Å². The highest BCUT2D eigenvalue weighted by Gasteiger charge is 2.30. The molecule has 0 aliphatic rings. The molecule has 2 rings (SSSR count). The van der Waals surface area contributed by atoms with Crippen molar-refractivity contribution in [3.63, 3.8) is 0 Å². The molecule has 5 unspecified atom stereocenters. The van der Waals surface area contributed by atoms with E-state index in [9.17, 15) is 24.3 Å². The van der Waals surface area contributed by atoms with Crippen LogP contribution in [0.15, 0.2) is 60.7 Å². The summed E-state index contributed by atoms with van der Waals surface area (Å²) in [5.41, 5.74) is 7.61. The number of carbonyl (C=O) groups is 4. The van der Waals surface area contributed by atoms with Crippen molar-refractivity contribution < 1.29 is 24.3 Å². The maximum atomic E-state index is 13.2. The number of thiol groups is 1. The van der Waals surface area contributed by atoms with Crippen LogP contribution in [-0.2, 0) is 32.0 Å². The molecule has 0 radical (unpaired) electrons. The summed E-state index contributed by atoms with van der Waals surface area (Å²) in [7, 11) is 0. The molecule has 37 heavy (non-hydrogen) atoms. The van der Waals surface area contributed by atoms with Gasteiger partial charge in [0.25, 0.3) is 0 Å². The second-order valence-corrected chi connectivity index (χ2v) is 9.36. The zero-order chi connectivity index (χ0) is 27.4. The van der Waals surface area contributed by atoms with Crippen LogP contribution in [0.4, 0.5) is 0 Å². The highest BCUT2D eigenvalue weighted by Crippen LogP contribution is 2.09. The van der Waals surface area contributed by atoms with Crippen molar-refractivity contribution in [2.45, 2.75) is 57.3 Å². The molecule has 6 N–H and O–H groups in total. The number of carboxylic acid groups (broad SMARTS) is 1. The molecule has 200 valence electrons. The van der Waals surface area contributed by atoms with Crippen LogP contribution in [-0.4, -0.2) is 58.7 Å². The van der Waals surface area contributed by atoms with Gasteiger partial charge in [0.2, 0.25) is 17.7 Å². The van der Waals surface area contributed by atoms with Crippen LogP contribution in [0, 0.1) is 5.92 Å². The molecule has 10 heteroatoms. The topological polar surface area (TPSA) is 151 Å².